The lowest BCUT2D eigenvalue weighted by atomic mass is 10.0. The average Bonchev–Trinajstić information content (AvgIpc) is 2.68. The molecule has 1 heterocycles. The highest BCUT2D eigenvalue weighted by molar-refractivity contribution is 5.63. The fourth-order valence-corrected chi connectivity index (χ4v) is 3.16. The minimum atomic E-state index is -4.93. The maximum absolute atomic E-state index is 13.5. The summed E-state index contributed by atoms with van der Waals surface area (Å²) in [6.07, 6.45) is -9.49. The molecule has 1 aromatic heterocycles. The number of nitrogens with zero attached hydrogens (tertiary/aromatic N) is 2. The van der Waals surface area contributed by atoms with Gasteiger partial charge in [0.15, 0.2) is 0 Å². The summed E-state index contributed by atoms with van der Waals surface area (Å²) in [5.74, 6) is 0. The maximum Gasteiger partial charge on any atom is 0.417 e. The monoisotopic (exact) mass is 436 g/mol. The molecule has 0 saturated carbocycles. The van der Waals surface area contributed by atoms with Crippen LogP contribution >= 0.6 is 0 Å². The van der Waals surface area contributed by atoms with Crippen LogP contribution in [0.25, 0.3) is 11.3 Å². The smallest absolute Gasteiger partial charge is 0.303 e. The topological polar surface area (TPSA) is 45.8 Å². The molecule has 0 radical (unpaired) electrons. The number of hydrogen-bond donors (Lipinski definition) is 0. The quantitative estimate of drug-likeness (QED) is 0.489. The zero-order valence-electron chi connectivity index (χ0n) is 16.0. The van der Waals surface area contributed by atoms with Crippen LogP contribution in [0.4, 0.5) is 26.3 Å². The molecule has 0 fully saturated rings. The summed E-state index contributed by atoms with van der Waals surface area (Å²) < 4.78 is 79.8. The van der Waals surface area contributed by atoms with Gasteiger partial charge in [0.1, 0.15) is 11.6 Å². The van der Waals surface area contributed by atoms with Gasteiger partial charge in [-0.05, 0) is 42.3 Å². The molecule has 0 spiro atoms. The van der Waals surface area contributed by atoms with Crippen LogP contribution in [-0.2, 0) is 18.9 Å². The molecule has 3 nitrogen and oxygen atoms in total. The SMILES string of the molecule is Cc1cccc(-c2cc(C(F)(F)F)c(C#N)c(=O)n2Cc2ccc(C(F)(F)F)cc2)c1. The van der Waals surface area contributed by atoms with Gasteiger partial charge in [-0.25, -0.2) is 0 Å². The van der Waals surface area contributed by atoms with E-state index in [1.54, 1.807) is 25.1 Å². The lowest BCUT2D eigenvalue weighted by molar-refractivity contribution is -0.138. The van der Waals surface area contributed by atoms with E-state index < -0.39 is 34.6 Å². The van der Waals surface area contributed by atoms with Crippen LogP contribution < -0.4 is 5.56 Å². The van der Waals surface area contributed by atoms with Crippen molar-refractivity contribution in [3.8, 4) is 17.3 Å². The fourth-order valence-electron chi connectivity index (χ4n) is 3.16. The average molecular weight is 436 g/mol. The highest BCUT2D eigenvalue weighted by Gasteiger charge is 2.36. The lowest BCUT2D eigenvalue weighted by Gasteiger charge is -2.18. The van der Waals surface area contributed by atoms with Crippen molar-refractivity contribution in [3.63, 3.8) is 0 Å². The Bertz CT molecular complexity index is 1220. The number of aromatic nitrogens is 1. The highest BCUT2D eigenvalue weighted by Crippen LogP contribution is 2.34. The van der Waals surface area contributed by atoms with Gasteiger partial charge in [-0.15, -0.1) is 0 Å². The van der Waals surface area contributed by atoms with Gasteiger partial charge in [0, 0.05) is 0 Å². The molecule has 0 N–H and O–H groups in total. The van der Waals surface area contributed by atoms with Crippen LogP contribution in [0.2, 0.25) is 0 Å². The van der Waals surface area contributed by atoms with Gasteiger partial charge in [-0.1, -0.05) is 35.9 Å². The predicted octanol–water partition coefficient (Wildman–Crippen LogP) is 5.78. The first-order chi connectivity index (χ1) is 14.4. The first-order valence-corrected chi connectivity index (χ1v) is 8.90. The largest absolute Gasteiger partial charge is 0.417 e. The minimum Gasteiger partial charge on any atom is -0.303 e. The van der Waals surface area contributed by atoms with Gasteiger partial charge in [0.2, 0.25) is 0 Å². The molecule has 0 aliphatic rings. The Kier molecular flexibility index (Phi) is 5.68. The number of alkyl halides is 6. The van der Waals surface area contributed by atoms with Gasteiger partial charge in [0.05, 0.1) is 23.4 Å². The van der Waals surface area contributed by atoms with Crippen LogP contribution in [0.3, 0.4) is 0 Å². The van der Waals surface area contributed by atoms with Crippen molar-refractivity contribution >= 4 is 0 Å². The van der Waals surface area contributed by atoms with Gasteiger partial charge < -0.3 is 4.57 Å². The molecular weight excluding hydrogens is 422 g/mol. The summed E-state index contributed by atoms with van der Waals surface area (Å²) >= 11 is 0. The summed E-state index contributed by atoms with van der Waals surface area (Å²) in [5.41, 5.74) is -3.31. The number of benzene rings is 2. The summed E-state index contributed by atoms with van der Waals surface area (Å²) in [4.78, 5) is 12.8. The Morgan fingerprint density at radius 3 is 2.10 bits per heavy atom. The normalized spacial score (nSPS) is 11.9. The fraction of sp³-hybridized carbons (Fsp3) is 0.182. The lowest BCUT2D eigenvalue weighted by Crippen LogP contribution is -2.28. The standard InChI is InChI=1S/C22H14F6N2O/c1-13-3-2-4-15(9-13)19-10-18(22(26,27)28)17(11-29)20(31)30(19)12-14-5-7-16(8-6-14)21(23,24)25/h2-10H,12H2,1H3. The Labute approximate surface area is 172 Å². The van der Waals surface area contributed by atoms with Crippen LogP contribution in [0.1, 0.15) is 27.8 Å². The first-order valence-electron chi connectivity index (χ1n) is 8.90. The van der Waals surface area contributed by atoms with E-state index in [0.29, 0.717) is 5.56 Å². The maximum atomic E-state index is 13.5. The third-order valence-corrected chi connectivity index (χ3v) is 4.65. The second kappa shape index (κ2) is 7.95. The number of hydrogen-bond acceptors (Lipinski definition) is 2. The van der Waals surface area contributed by atoms with Crippen molar-refractivity contribution in [2.45, 2.75) is 25.8 Å². The van der Waals surface area contributed by atoms with Crippen molar-refractivity contribution < 1.29 is 26.3 Å². The number of nitriles is 1. The first kappa shape index (κ1) is 22.2. The van der Waals surface area contributed by atoms with Crippen molar-refractivity contribution in [2.24, 2.45) is 0 Å². The molecule has 0 bridgehead atoms. The summed E-state index contributed by atoms with van der Waals surface area (Å²) in [7, 11) is 0. The molecular formula is C22H14F6N2O. The third-order valence-electron chi connectivity index (χ3n) is 4.65. The van der Waals surface area contributed by atoms with E-state index >= 15 is 0 Å². The van der Waals surface area contributed by atoms with Gasteiger partial charge in [-0.3, -0.25) is 4.79 Å². The van der Waals surface area contributed by atoms with Crippen molar-refractivity contribution in [1.29, 1.82) is 5.26 Å². The number of pyridine rings is 1. The molecule has 3 aromatic rings. The molecule has 0 unspecified atom stereocenters. The van der Waals surface area contributed by atoms with Gasteiger partial charge in [-0.2, -0.15) is 31.6 Å². The van der Waals surface area contributed by atoms with Crippen molar-refractivity contribution in [3.05, 3.63) is 92.8 Å². The van der Waals surface area contributed by atoms with E-state index in [1.807, 2.05) is 0 Å². The molecule has 0 aliphatic heterocycles. The molecule has 0 saturated heterocycles. The molecule has 0 amide bonds. The van der Waals surface area contributed by atoms with E-state index in [4.69, 9.17) is 0 Å². The Morgan fingerprint density at radius 2 is 1.58 bits per heavy atom. The van der Waals surface area contributed by atoms with Crippen LogP contribution in [0, 0.1) is 18.3 Å². The summed E-state index contributed by atoms with van der Waals surface area (Å²) in [6.45, 7) is 1.41. The van der Waals surface area contributed by atoms with E-state index in [-0.39, 0.29) is 17.8 Å². The van der Waals surface area contributed by atoms with E-state index in [9.17, 15) is 36.4 Å². The Hall–Kier alpha value is -3.54. The zero-order chi connectivity index (χ0) is 23.0. The zero-order valence-corrected chi connectivity index (χ0v) is 16.0. The highest BCUT2D eigenvalue weighted by atomic mass is 19.4. The van der Waals surface area contributed by atoms with Crippen LogP contribution in [0.5, 0.6) is 0 Å². The molecule has 0 aliphatic carbocycles. The van der Waals surface area contributed by atoms with Gasteiger partial charge in [0.25, 0.3) is 5.56 Å². The molecule has 31 heavy (non-hydrogen) atoms. The second-order valence-electron chi connectivity index (χ2n) is 6.88. The Morgan fingerprint density at radius 1 is 0.935 bits per heavy atom. The van der Waals surface area contributed by atoms with Crippen molar-refractivity contribution in [1.82, 2.24) is 4.57 Å². The van der Waals surface area contributed by atoms with E-state index in [2.05, 4.69) is 0 Å². The third kappa shape index (κ3) is 4.63. The van der Waals surface area contributed by atoms with Crippen LogP contribution in [-0.4, -0.2) is 4.57 Å². The summed E-state index contributed by atoms with van der Waals surface area (Å²) in [5, 5.41) is 9.20. The molecule has 3 rings (SSSR count). The molecule has 160 valence electrons. The predicted molar refractivity (Wildman–Crippen MR) is 101 cm³/mol. The molecule has 2 aromatic carbocycles. The van der Waals surface area contributed by atoms with Gasteiger partial charge >= 0.3 is 12.4 Å². The van der Waals surface area contributed by atoms with Crippen molar-refractivity contribution in [2.75, 3.05) is 0 Å². The van der Waals surface area contributed by atoms with E-state index in [1.165, 1.54) is 12.1 Å². The summed E-state index contributed by atoms with van der Waals surface area (Å²) in [6, 6.07) is 12.4. The number of aryl methyl sites for hydroxylation is 1. The second-order valence-corrected chi connectivity index (χ2v) is 6.88. The number of halogens is 6. The minimum absolute atomic E-state index is 0.0973. The van der Waals surface area contributed by atoms with E-state index in [0.717, 1.165) is 40.5 Å². The molecule has 9 heteroatoms. The number of rotatable bonds is 3. The van der Waals surface area contributed by atoms with Crippen LogP contribution in [0.15, 0.2) is 59.4 Å². The molecule has 0 atom stereocenters. The Balaban J connectivity index is 2.23.